The molecule has 7 heteroatoms. The maximum Gasteiger partial charge on any atom is 0.404 e. The minimum atomic E-state index is -4.50. The number of carboxylic acid groups (broad SMARTS) is 1. The second-order valence-corrected chi connectivity index (χ2v) is 4.03. The number of aliphatic carboxylic acids is 1. The van der Waals surface area contributed by atoms with Crippen molar-refractivity contribution in [3.05, 3.63) is 0 Å². The highest BCUT2D eigenvalue weighted by Crippen LogP contribution is 2.29. The van der Waals surface area contributed by atoms with E-state index in [1.54, 1.807) is 0 Å². The lowest BCUT2D eigenvalue weighted by molar-refractivity contribution is -0.192. The lowest BCUT2D eigenvalue weighted by Gasteiger charge is -2.36. The fourth-order valence-corrected chi connectivity index (χ4v) is 1.85. The van der Waals surface area contributed by atoms with Gasteiger partial charge in [0.2, 0.25) is 0 Å². The van der Waals surface area contributed by atoms with Crippen molar-refractivity contribution in [3.8, 4) is 0 Å². The molecule has 0 radical (unpaired) electrons. The van der Waals surface area contributed by atoms with Gasteiger partial charge in [0.25, 0.3) is 0 Å². The van der Waals surface area contributed by atoms with Crippen LogP contribution in [0.25, 0.3) is 0 Å². The molecular weight excluding hydrogens is 225 g/mol. The van der Waals surface area contributed by atoms with Gasteiger partial charge in [-0.25, -0.2) is 0 Å². The van der Waals surface area contributed by atoms with Gasteiger partial charge in [0.1, 0.15) is 6.04 Å². The fourth-order valence-electron chi connectivity index (χ4n) is 1.85. The van der Waals surface area contributed by atoms with Gasteiger partial charge in [-0.15, -0.1) is 0 Å². The Kier molecular flexibility index (Phi) is 4.15. The molecule has 94 valence electrons. The van der Waals surface area contributed by atoms with Crippen LogP contribution in [0.15, 0.2) is 0 Å². The summed E-state index contributed by atoms with van der Waals surface area (Å²) >= 11 is 0. The summed E-state index contributed by atoms with van der Waals surface area (Å²) in [7, 11) is 0. The predicted octanol–water partition coefficient (Wildman–Crippen LogP) is 0.815. The molecule has 1 unspecified atom stereocenters. The quantitative estimate of drug-likeness (QED) is 0.766. The van der Waals surface area contributed by atoms with E-state index in [4.69, 9.17) is 10.8 Å². The van der Waals surface area contributed by atoms with Crippen LogP contribution in [0.5, 0.6) is 0 Å². The zero-order chi connectivity index (χ0) is 12.3. The summed E-state index contributed by atoms with van der Waals surface area (Å²) in [6, 6.07) is -1.97. The van der Waals surface area contributed by atoms with E-state index in [-0.39, 0.29) is 19.1 Å². The molecule has 0 amide bonds. The first-order valence-corrected chi connectivity index (χ1v) is 5.09. The Morgan fingerprint density at radius 2 is 1.94 bits per heavy atom. The molecule has 0 aliphatic carbocycles. The van der Waals surface area contributed by atoms with E-state index in [9.17, 15) is 18.0 Å². The SMILES string of the molecule is NC1CCN(C(CC(=O)O)C(F)(F)F)CC1. The molecule has 1 aliphatic rings. The van der Waals surface area contributed by atoms with E-state index in [2.05, 4.69) is 0 Å². The molecular formula is C9H15F3N2O2. The van der Waals surface area contributed by atoms with Gasteiger partial charge in [-0.3, -0.25) is 9.69 Å². The van der Waals surface area contributed by atoms with E-state index in [1.165, 1.54) is 0 Å². The topological polar surface area (TPSA) is 66.6 Å². The third kappa shape index (κ3) is 3.64. The van der Waals surface area contributed by atoms with Crippen molar-refractivity contribution < 1.29 is 23.1 Å². The first-order chi connectivity index (χ1) is 7.30. The van der Waals surface area contributed by atoms with Crippen molar-refractivity contribution in [1.29, 1.82) is 0 Å². The number of carbonyl (C=O) groups is 1. The summed E-state index contributed by atoms with van der Waals surface area (Å²) in [5.74, 6) is -1.43. The van der Waals surface area contributed by atoms with Crippen LogP contribution in [0.4, 0.5) is 13.2 Å². The van der Waals surface area contributed by atoms with E-state index in [0.717, 1.165) is 4.90 Å². The van der Waals surface area contributed by atoms with Crippen LogP contribution in [0.2, 0.25) is 0 Å². The number of hydrogen-bond acceptors (Lipinski definition) is 3. The monoisotopic (exact) mass is 240 g/mol. The van der Waals surface area contributed by atoms with Gasteiger partial charge >= 0.3 is 12.1 Å². The van der Waals surface area contributed by atoms with Gasteiger partial charge in [-0.2, -0.15) is 13.2 Å². The molecule has 0 aromatic carbocycles. The van der Waals surface area contributed by atoms with Crippen molar-refractivity contribution >= 4 is 5.97 Å². The standard InChI is InChI=1S/C9H15F3N2O2/c10-9(11,12)7(5-8(15)16)14-3-1-6(13)2-4-14/h6-7H,1-5,13H2,(H,15,16). The Hall–Kier alpha value is -0.820. The Morgan fingerprint density at radius 3 is 2.31 bits per heavy atom. The molecule has 0 bridgehead atoms. The number of rotatable bonds is 3. The number of likely N-dealkylation sites (tertiary alicyclic amines) is 1. The Bertz CT molecular complexity index is 250. The third-order valence-corrected chi connectivity index (χ3v) is 2.76. The van der Waals surface area contributed by atoms with Gasteiger partial charge in [-0.1, -0.05) is 0 Å². The molecule has 0 aromatic heterocycles. The summed E-state index contributed by atoms with van der Waals surface area (Å²) in [6.07, 6.45) is -4.45. The van der Waals surface area contributed by atoms with Gasteiger partial charge in [-0.05, 0) is 12.8 Å². The smallest absolute Gasteiger partial charge is 0.404 e. The molecule has 16 heavy (non-hydrogen) atoms. The maximum atomic E-state index is 12.6. The highest BCUT2D eigenvalue weighted by molar-refractivity contribution is 5.67. The molecule has 1 aliphatic heterocycles. The minimum Gasteiger partial charge on any atom is -0.481 e. The molecule has 0 saturated carbocycles. The molecule has 1 saturated heterocycles. The highest BCUT2D eigenvalue weighted by atomic mass is 19.4. The zero-order valence-corrected chi connectivity index (χ0v) is 8.70. The van der Waals surface area contributed by atoms with Crippen LogP contribution in [0, 0.1) is 0 Å². The van der Waals surface area contributed by atoms with Crippen LogP contribution in [0.1, 0.15) is 19.3 Å². The Morgan fingerprint density at radius 1 is 1.44 bits per heavy atom. The number of nitrogens with two attached hydrogens (primary N) is 1. The molecule has 3 N–H and O–H groups in total. The normalized spacial score (nSPS) is 22.0. The lowest BCUT2D eigenvalue weighted by Crippen LogP contribution is -2.51. The number of nitrogens with zero attached hydrogens (tertiary/aromatic N) is 1. The van der Waals surface area contributed by atoms with E-state index in [0.29, 0.717) is 12.8 Å². The predicted molar refractivity (Wildman–Crippen MR) is 50.9 cm³/mol. The molecule has 0 aromatic rings. The molecule has 1 rings (SSSR count). The number of alkyl halides is 3. The lowest BCUT2D eigenvalue weighted by atomic mass is 10.0. The van der Waals surface area contributed by atoms with Crippen LogP contribution >= 0.6 is 0 Å². The molecule has 1 atom stereocenters. The second-order valence-electron chi connectivity index (χ2n) is 4.03. The van der Waals surface area contributed by atoms with Gasteiger partial charge in [0.05, 0.1) is 6.42 Å². The van der Waals surface area contributed by atoms with Gasteiger partial charge in [0, 0.05) is 19.1 Å². The number of hydrogen-bond donors (Lipinski definition) is 2. The number of halogens is 3. The van der Waals surface area contributed by atoms with Crippen molar-refractivity contribution in [3.63, 3.8) is 0 Å². The van der Waals surface area contributed by atoms with E-state index < -0.39 is 24.6 Å². The summed E-state index contributed by atoms with van der Waals surface area (Å²) in [4.78, 5) is 11.6. The maximum absolute atomic E-state index is 12.6. The first kappa shape index (κ1) is 13.2. The summed E-state index contributed by atoms with van der Waals surface area (Å²) < 4.78 is 37.9. The van der Waals surface area contributed by atoms with E-state index >= 15 is 0 Å². The first-order valence-electron chi connectivity index (χ1n) is 5.09. The highest BCUT2D eigenvalue weighted by Gasteiger charge is 2.45. The zero-order valence-electron chi connectivity index (χ0n) is 8.70. The summed E-state index contributed by atoms with van der Waals surface area (Å²) in [6.45, 7) is 0.414. The molecule has 0 spiro atoms. The van der Waals surface area contributed by atoms with Crippen LogP contribution in [-0.2, 0) is 4.79 Å². The second kappa shape index (κ2) is 5.01. The Labute approximate surface area is 91.2 Å². The van der Waals surface area contributed by atoms with Crippen molar-refractivity contribution in [2.75, 3.05) is 13.1 Å². The van der Waals surface area contributed by atoms with Crippen molar-refractivity contribution in [1.82, 2.24) is 4.90 Å². The number of piperidine rings is 1. The summed E-state index contributed by atoms with van der Waals surface area (Å²) in [5.41, 5.74) is 5.58. The van der Waals surface area contributed by atoms with Crippen LogP contribution in [-0.4, -0.2) is 47.3 Å². The molecule has 1 heterocycles. The third-order valence-electron chi connectivity index (χ3n) is 2.76. The average Bonchev–Trinajstić information content (AvgIpc) is 2.14. The average molecular weight is 240 g/mol. The van der Waals surface area contributed by atoms with Crippen molar-refractivity contribution in [2.45, 2.75) is 37.5 Å². The molecule has 4 nitrogen and oxygen atoms in total. The van der Waals surface area contributed by atoms with E-state index in [1.807, 2.05) is 0 Å². The minimum absolute atomic E-state index is 0.0741. The van der Waals surface area contributed by atoms with Gasteiger partial charge < -0.3 is 10.8 Å². The Balaban J connectivity index is 2.65. The summed E-state index contributed by atoms with van der Waals surface area (Å²) in [5, 5.41) is 8.48. The van der Waals surface area contributed by atoms with Crippen LogP contribution < -0.4 is 5.73 Å². The van der Waals surface area contributed by atoms with Gasteiger partial charge in [0.15, 0.2) is 0 Å². The largest absolute Gasteiger partial charge is 0.481 e. The molecule has 1 fully saturated rings. The number of carboxylic acids is 1. The fraction of sp³-hybridized carbons (Fsp3) is 0.889. The van der Waals surface area contributed by atoms with Crippen molar-refractivity contribution in [2.24, 2.45) is 5.73 Å². The van der Waals surface area contributed by atoms with Crippen LogP contribution in [0.3, 0.4) is 0 Å².